The van der Waals surface area contributed by atoms with Crippen molar-refractivity contribution in [1.82, 2.24) is 9.21 Å². The number of amides is 1. The molecule has 6 heteroatoms. The molecule has 0 atom stereocenters. The molecule has 2 saturated heterocycles. The van der Waals surface area contributed by atoms with Crippen molar-refractivity contribution in [2.75, 3.05) is 26.2 Å². The highest BCUT2D eigenvalue weighted by Gasteiger charge is 2.34. The standard InChI is InChI=1S/C26H34N2O3S/c1-21-6-5-9-24(18-21)20-32(30,31)28-16-12-25(13-17-28)26(29)27-14-10-23(11-15-27)19-22-7-3-2-4-8-22/h2-9,18,23,25H,10-17,19-20H2,1H3. The lowest BCUT2D eigenvalue weighted by atomic mass is 9.89. The van der Waals surface area contributed by atoms with Gasteiger partial charge in [-0.2, -0.15) is 0 Å². The molecule has 1 amide bonds. The summed E-state index contributed by atoms with van der Waals surface area (Å²) in [6, 6.07) is 18.2. The lowest BCUT2D eigenvalue weighted by molar-refractivity contribution is -0.138. The predicted molar refractivity (Wildman–Crippen MR) is 128 cm³/mol. The Labute approximate surface area is 192 Å². The van der Waals surface area contributed by atoms with E-state index >= 15 is 0 Å². The van der Waals surface area contributed by atoms with Crippen LogP contribution in [0.2, 0.25) is 0 Å². The number of hydrogen-bond acceptors (Lipinski definition) is 3. The highest BCUT2D eigenvalue weighted by Crippen LogP contribution is 2.27. The van der Waals surface area contributed by atoms with Gasteiger partial charge in [-0.3, -0.25) is 4.79 Å². The molecule has 0 radical (unpaired) electrons. The van der Waals surface area contributed by atoms with Gasteiger partial charge in [0.1, 0.15) is 0 Å². The van der Waals surface area contributed by atoms with Gasteiger partial charge in [0.15, 0.2) is 0 Å². The summed E-state index contributed by atoms with van der Waals surface area (Å²) in [5, 5.41) is 0. The molecule has 2 aromatic carbocycles. The van der Waals surface area contributed by atoms with E-state index in [-0.39, 0.29) is 17.6 Å². The Bertz CT molecular complexity index is 1010. The van der Waals surface area contributed by atoms with Gasteiger partial charge in [0.05, 0.1) is 5.75 Å². The first-order valence-electron chi connectivity index (χ1n) is 11.8. The van der Waals surface area contributed by atoms with Crippen molar-refractivity contribution < 1.29 is 13.2 Å². The van der Waals surface area contributed by atoms with Crippen molar-refractivity contribution in [2.45, 2.75) is 44.8 Å². The summed E-state index contributed by atoms with van der Waals surface area (Å²) in [6.07, 6.45) is 4.42. The number of likely N-dealkylation sites (tertiary alicyclic amines) is 1. The second kappa shape index (κ2) is 10.2. The zero-order chi connectivity index (χ0) is 22.6. The fourth-order valence-electron chi connectivity index (χ4n) is 5.05. The third-order valence-electron chi connectivity index (χ3n) is 6.92. The normalized spacial score (nSPS) is 19.2. The maximum atomic E-state index is 13.1. The summed E-state index contributed by atoms with van der Waals surface area (Å²) in [7, 11) is -3.36. The van der Waals surface area contributed by atoms with Crippen molar-refractivity contribution in [3.63, 3.8) is 0 Å². The molecule has 0 bridgehead atoms. The minimum atomic E-state index is -3.36. The SMILES string of the molecule is Cc1cccc(CS(=O)(=O)N2CCC(C(=O)N3CCC(Cc4ccccc4)CC3)CC2)c1. The van der Waals surface area contributed by atoms with E-state index in [9.17, 15) is 13.2 Å². The van der Waals surface area contributed by atoms with Crippen molar-refractivity contribution in [3.05, 3.63) is 71.3 Å². The van der Waals surface area contributed by atoms with E-state index < -0.39 is 10.0 Å². The molecule has 2 heterocycles. The van der Waals surface area contributed by atoms with E-state index in [1.54, 1.807) is 4.31 Å². The number of aryl methyl sites for hydroxylation is 1. The van der Waals surface area contributed by atoms with Crippen LogP contribution in [0.25, 0.3) is 0 Å². The summed E-state index contributed by atoms with van der Waals surface area (Å²) < 4.78 is 27.3. The van der Waals surface area contributed by atoms with Gasteiger partial charge in [-0.15, -0.1) is 0 Å². The maximum absolute atomic E-state index is 13.1. The van der Waals surface area contributed by atoms with Crippen molar-refractivity contribution in [2.24, 2.45) is 11.8 Å². The number of hydrogen-bond donors (Lipinski definition) is 0. The van der Waals surface area contributed by atoms with Gasteiger partial charge in [-0.25, -0.2) is 12.7 Å². The molecule has 2 aliphatic heterocycles. The molecule has 0 saturated carbocycles. The van der Waals surface area contributed by atoms with Crippen LogP contribution in [0.3, 0.4) is 0 Å². The minimum absolute atomic E-state index is 0.0300. The Morgan fingerprint density at radius 3 is 2.19 bits per heavy atom. The summed E-state index contributed by atoms with van der Waals surface area (Å²) >= 11 is 0. The van der Waals surface area contributed by atoms with E-state index in [2.05, 4.69) is 24.3 Å². The summed E-state index contributed by atoms with van der Waals surface area (Å²) in [6.45, 7) is 4.49. The molecule has 0 aromatic heterocycles. The first-order chi connectivity index (χ1) is 15.4. The predicted octanol–water partition coefficient (Wildman–Crippen LogP) is 4.02. The lowest BCUT2D eigenvalue weighted by Gasteiger charge is -2.37. The molecule has 0 spiro atoms. The molecule has 172 valence electrons. The van der Waals surface area contributed by atoms with Crippen LogP contribution in [-0.4, -0.2) is 49.7 Å². The molecular weight excluding hydrogens is 420 g/mol. The number of benzene rings is 2. The Kier molecular flexibility index (Phi) is 7.31. The number of nitrogens with zero attached hydrogens (tertiary/aromatic N) is 2. The van der Waals surface area contributed by atoms with Gasteiger partial charge < -0.3 is 4.90 Å². The first-order valence-corrected chi connectivity index (χ1v) is 13.4. The average Bonchev–Trinajstić information content (AvgIpc) is 2.80. The molecular formula is C26H34N2O3S. The van der Waals surface area contributed by atoms with Gasteiger partial charge in [0, 0.05) is 32.1 Å². The van der Waals surface area contributed by atoms with Crippen LogP contribution >= 0.6 is 0 Å². The van der Waals surface area contributed by atoms with Gasteiger partial charge in [0.2, 0.25) is 15.9 Å². The fraction of sp³-hybridized carbons (Fsp3) is 0.500. The molecule has 4 rings (SSSR count). The second-order valence-electron chi connectivity index (χ2n) is 9.38. The van der Waals surface area contributed by atoms with Crippen LogP contribution in [-0.2, 0) is 27.0 Å². The first kappa shape index (κ1) is 23.0. The number of rotatable bonds is 6. The molecule has 2 fully saturated rings. The maximum Gasteiger partial charge on any atom is 0.225 e. The largest absolute Gasteiger partial charge is 0.342 e. The smallest absolute Gasteiger partial charge is 0.225 e. The monoisotopic (exact) mass is 454 g/mol. The Morgan fingerprint density at radius 1 is 0.875 bits per heavy atom. The molecule has 0 aliphatic carbocycles. The van der Waals surface area contributed by atoms with Gasteiger partial charge in [-0.1, -0.05) is 60.2 Å². The third kappa shape index (κ3) is 5.78. The van der Waals surface area contributed by atoms with Crippen LogP contribution in [0, 0.1) is 18.8 Å². The Hall–Kier alpha value is -2.18. The highest BCUT2D eigenvalue weighted by atomic mass is 32.2. The molecule has 32 heavy (non-hydrogen) atoms. The minimum Gasteiger partial charge on any atom is -0.342 e. The van der Waals surface area contributed by atoms with Crippen molar-refractivity contribution >= 4 is 15.9 Å². The van der Waals surface area contributed by atoms with E-state index in [4.69, 9.17) is 0 Å². The lowest BCUT2D eigenvalue weighted by Crippen LogP contribution is -2.46. The van der Waals surface area contributed by atoms with Crippen LogP contribution in [0.15, 0.2) is 54.6 Å². The Balaban J connectivity index is 1.25. The van der Waals surface area contributed by atoms with Crippen LogP contribution in [0.4, 0.5) is 0 Å². The van der Waals surface area contributed by atoms with Gasteiger partial charge in [0.25, 0.3) is 0 Å². The third-order valence-corrected chi connectivity index (χ3v) is 8.77. The van der Waals surface area contributed by atoms with E-state index in [1.165, 1.54) is 5.56 Å². The zero-order valence-corrected chi connectivity index (χ0v) is 19.8. The summed E-state index contributed by atoms with van der Waals surface area (Å²) in [5.74, 6) is 0.836. The van der Waals surface area contributed by atoms with E-state index in [1.807, 2.05) is 42.2 Å². The number of carbonyl (C=O) groups excluding carboxylic acids is 1. The molecule has 0 N–H and O–H groups in total. The number of carbonyl (C=O) groups is 1. The van der Waals surface area contributed by atoms with E-state index in [0.717, 1.165) is 43.5 Å². The van der Waals surface area contributed by atoms with Crippen molar-refractivity contribution in [1.29, 1.82) is 0 Å². The molecule has 2 aromatic rings. The van der Waals surface area contributed by atoms with Gasteiger partial charge >= 0.3 is 0 Å². The molecule has 2 aliphatic rings. The number of sulfonamides is 1. The zero-order valence-electron chi connectivity index (χ0n) is 18.9. The summed E-state index contributed by atoms with van der Waals surface area (Å²) in [4.78, 5) is 15.1. The molecule has 5 nitrogen and oxygen atoms in total. The summed E-state index contributed by atoms with van der Waals surface area (Å²) in [5.41, 5.74) is 3.26. The van der Waals surface area contributed by atoms with Gasteiger partial charge in [-0.05, 0) is 56.1 Å². The molecule has 0 unspecified atom stereocenters. The Morgan fingerprint density at radius 2 is 1.53 bits per heavy atom. The second-order valence-corrected chi connectivity index (χ2v) is 11.3. The van der Waals surface area contributed by atoms with Crippen LogP contribution < -0.4 is 0 Å². The fourth-order valence-corrected chi connectivity index (χ4v) is 6.60. The average molecular weight is 455 g/mol. The van der Waals surface area contributed by atoms with Crippen molar-refractivity contribution in [3.8, 4) is 0 Å². The van der Waals surface area contributed by atoms with E-state index in [0.29, 0.717) is 31.8 Å². The van der Waals surface area contributed by atoms with Crippen LogP contribution in [0.1, 0.15) is 42.4 Å². The number of piperidine rings is 2. The quantitative estimate of drug-likeness (QED) is 0.662. The topological polar surface area (TPSA) is 57.7 Å². The van der Waals surface area contributed by atoms with Crippen LogP contribution in [0.5, 0.6) is 0 Å². The highest BCUT2D eigenvalue weighted by molar-refractivity contribution is 7.88.